The van der Waals surface area contributed by atoms with Gasteiger partial charge in [-0.05, 0) is 30.2 Å². The van der Waals surface area contributed by atoms with Gasteiger partial charge in [-0.3, -0.25) is 5.84 Å². The Morgan fingerprint density at radius 1 is 1.31 bits per heavy atom. The van der Waals surface area contributed by atoms with Crippen LogP contribution in [0.1, 0.15) is 22.9 Å². The van der Waals surface area contributed by atoms with Crippen LogP contribution in [0.2, 0.25) is 5.02 Å². The Morgan fingerprint density at radius 2 is 2.12 bits per heavy atom. The van der Waals surface area contributed by atoms with Crippen molar-refractivity contribution in [3.8, 4) is 0 Å². The molecular formula is C12H13ClN2O. The highest BCUT2D eigenvalue weighted by Crippen LogP contribution is 2.30. The maximum atomic E-state index is 6.25. The molecule has 0 saturated carbocycles. The summed E-state index contributed by atoms with van der Waals surface area (Å²) in [4.78, 5) is 0. The molecule has 0 radical (unpaired) electrons. The minimum absolute atomic E-state index is 0.220. The van der Waals surface area contributed by atoms with Crippen LogP contribution in [0.3, 0.4) is 0 Å². The molecule has 2 rings (SSSR count). The standard InChI is InChI=1S/C12H13ClN2O/c1-8-4-2-5-9(11(8)13)12(15-14)10-6-3-7-16-10/h2-7,12,15H,14H2,1H3. The molecule has 1 unspecified atom stereocenters. The van der Waals surface area contributed by atoms with Gasteiger partial charge < -0.3 is 4.42 Å². The van der Waals surface area contributed by atoms with E-state index < -0.39 is 0 Å². The van der Waals surface area contributed by atoms with Crippen LogP contribution in [-0.2, 0) is 0 Å². The third-order valence-corrected chi connectivity index (χ3v) is 3.04. The zero-order chi connectivity index (χ0) is 11.5. The summed E-state index contributed by atoms with van der Waals surface area (Å²) in [5.41, 5.74) is 4.65. The maximum Gasteiger partial charge on any atom is 0.126 e. The lowest BCUT2D eigenvalue weighted by Crippen LogP contribution is -2.28. The van der Waals surface area contributed by atoms with Gasteiger partial charge in [0.25, 0.3) is 0 Å². The molecule has 0 aliphatic rings. The molecule has 0 amide bonds. The first-order valence-corrected chi connectivity index (χ1v) is 5.36. The van der Waals surface area contributed by atoms with Gasteiger partial charge in [0.2, 0.25) is 0 Å². The zero-order valence-corrected chi connectivity index (χ0v) is 9.66. The summed E-state index contributed by atoms with van der Waals surface area (Å²) in [7, 11) is 0. The molecule has 84 valence electrons. The number of nitrogens with two attached hydrogens (primary N) is 1. The number of halogens is 1. The fraction of sp³-hybridized carbons (Fsp3) is 0.167. The molecule has 0 aliphatic carbocycles. The first kappa shape index (κ1) is 11.2. The molecule has 1 aromatic heterocycles. The lowest BCUT2D eigenvalue weighted by molar-refractivity contribution is 0.452. The van der Waals surface area contributed by atoms with Crippen LogP contribution in [0.4, 0.5) is 0 Å². The van der Waals surface area contributed by atoms with E-state index >= 15 is 0 Å². The Hall–Kier alpha value is -1.29. The molecule has 0 bridgehead atoms. The SMILES string of the molecule is Cc1cccc(C(NN)c2ccco2)c1Cl. The van der Waals surface area contributed by atoms with Gasteiger partial charge >= 0.3 is 0 Å². The molecule has 3 nitrogen and oxygen atoms in total. The molecule has 16 heavy (non-hydrogen) atoms. The van der Waals surface area contributed by atoms with Crippen molar-refractivity contribution < 1.29 is 4.42 Å². The Morgan fingerprint density at radius 3 is 2.75 bits per heavy atom. The van der Waals surface area contributed by atoms with Crippen molar-refractivity contribution in [3.63, 3.8) is 0 Å². The third-order valence-electron chi connectivity index (χ3n) is 2.53. The molecule has 0 aliphatic heterocycles. The molecule has 0 spiro atoms. The summed E-state index contributed by atoms with van der Waals surface area (Å²) < 4.78 is 5.33. The number of hydrogen-bond acceptors (Lipinski definition) is 3. The second-order valence-corrected chi connectivity index (χ2v) is 3.97. The number of hydrazine groups is 1. The summed E-state index contributed by atoms with van der Waals surface area (Å²) in [6.07, 6.45) is 1.61. The highest BCUT2D eigenvalue weighted by molar-refractivity contribution is 6.32. The zero-order valence-electron chi connectivity index (χ0n) is 8.91. The number of hydrogen-bond donors (Lipinski definition) is 2. The van der Waals surface area contributed by atoms with Crippen LogP contribution in [0.25, 0.3) is 0 Å². The van der Waals surface area contributed by atoms with Gasteiger partial charge in [-0.2, -0.15) is 0 Å². The van der Waals surface area contributed by atoms with Crippen molar-refractivity contribution in [2.24, 2.45) is 5.84 Å². The van der Waals surface area contributed by atoms with Crippen LogP contribution >= 0.6 is 11.6 Å². The predicted octanol–water partition coefficient (Wildman–Crippen LogP) is 2.79. The van der Waals surface area contributed by atoms with E-state index in [1.54, 1.807) is 6.26 Å². The Balaban J connectivity index is 2.45. The van der Waals surface area contributed by atoms with Gasteiger partial charge in [0.15, 0.2) is 0 Å². The second-order valence-electron chi connectivity index (χ2n) is 3.59. The second kappa shape index (κ2) is 4.70. The van der Waals surface area contributed by atoms with Crippen molar-refractivity contribution in [2.75, 3.05) is 0 Å². The average Bonchev–Trinajstić information content (AvgIpc) is 2.79. The monoisotopic (exact) mass is 236 g/mol. The van der Waals surface area contributed by atoms with Crippen LogP contribution in [0.5, 0.6) is 0 Å². The van der Waals surface area contributed by atoms with Crippen molar-refractivity contribution in [2.45, 2.75) is 13.0 Å². The molecule has 4 heteroatoms. The fourth-order valence-corrected chi connectivity index (χ4v) is 1.91. The van der Waals surface area contributed by atoms with E-state index in [2.05, 4.69) is 5.43 Å². The van der Waals surface area contributed by atoms with Crippen molar-refractivity contribution in [3.05, 3.63) is 58.5 Å². The minimum atomic E-state index is -0.220. The highest BCUT2D eigenvalue weighted by atomic mass is 35.5. The van der Waals surface area contributed by atoms with Gasteiger partial charge in [-0.15, -0.1) is 0 Å². The number of furan rings is 1. The summed E-state index contributed by atoms with van der Waals surface area (Å²) in [6, 6.07) is 9.31. The number of benzene rings is 1. The highest BCUT2D eigenvalue weighted by Gasteiger charge is 2.18. The lowest BCUT2D eigenvalue weighted by Gasteiger charge is -2.16. The molecule has 1 heterocycles. The molecule has 2 aromatic rings. The summed E-state index contributed by atoms with van der Waals surface area (Å²) in [5, 5.41) is 0.710. The number of nitrogens with one attached hydrogen (secondary N) is 1. The van der Waals surface area contributed by atoms with Gasteiger partial charge in [0.1, 0.15) is 11.8 Å². The van der Waals surface area contributed by atoms with E-state index in [1.807, 2.05) is 37.3 Å². The van der Waals surface area contributed by atoms with Crippen LogP contribution < -0.4 is 11.3 Å². The van der Waals surface area contributed by atoms with Crippen molar-refractivity contribution in [1.29, 1.82) is 0 Å². The molecule has 1 atom stereocenters. The van der Waals surface area contributed by atoms with E-state index in [1.165, 1.54) is 0 Å². The Labute approximate surface area is 99.2 Å². The molecular weight excluding hydrogens is 224 g/mol. The van der Waals surface area contributed by atoms with Crippen LogP contribution in [0, 0.1) is 6.92 Å². The van der Waals surface area contributed by atoms with Gasteiger partial charge in [0.05, 0.1) is 6.26 Å². The Bertz CT molecular complexity index is 468. The molecule has 3 N–H and O–H groups in total. The quantitative estimate of drug-likeness (QED) is 0.637. The van der Waals surface area contributed by atoms with Crippen LogP contribution in [-0.4, -0.2) is 0 Å². The van der Waals surface area contributed by atoms with Gasteiger partial charge in [-0.1, -0.05) is 29.8 Å². The normalized spacial score (nSPS) is 12.7. The fourth-order valence-electron chi connectivity index (χ4n) is 1.67. The number of rotatable bonds is 3. The summed E-state index contributed by atoms with van der Waals surface area (Å²) in [5.74, 6) is 6.29. The van der Waals surface area contributed by atoms with Crippen molar-refractivity contribution in [1.82, 2.24) is 5.43 Å². The number of aryl methyl sites for hydroxylation is 1. The van der Waals surface area contributed by atoms with E-state index in [0.717, 1.165) is 16.9 Å². The molecule has 1 aromatic carbocycles. The maximum absolute atomic E-state index is 6.25. The minimum Gasteiger partial charge on any atom is -0.467 e. The van der Waals surface area contributed by atoms with Crippen molar-refractivity contribution >= 4 is 11.6 Å². The largest absolute Gasteiger partial charge is 0.467 e. The van der Waals surface area contributed by atoms with Crippen LogP contribution in [0.15, 0.2) is 41.0 Å². The first-order chi connectivity index (χ1) is 7.74. The molecule has 0 saturated heterocycles. The van der Waals surface area contributed by atoms with Gasteiger partial charge in [0, 0.05) is 5.02 Å². The lowest BCUT2D eigenvalue weighted by atomic mass is 10.0. The topological polar surface area (TPSA) is 51.2 Å². The van der Waals surface area contributed by atoms with E-state index in [-0.39, 0.29) is 6.04 Å². The predicted molar refractivity (Wildman–Crippen MR) is 64.1 cm³/mol. The smallest absolute Gasteiger partial charge is 0.126 e. The summed E-state index contributed by atoms with van der Waals surface area (Å²) in [6.45, 7) is 1.96. The third kappa shape index (κ3) is 1.97. The Kier molecular flexibility index (Phi) is 3.29. The van der Waals surface area contributed by atoms with E-state index in [0.29, 0.717) is 5.02 Å². The van der Waals surface area contributed by atoms with E-state index in [9.17, 15) is 0 Å². The first-order valence-electron chi connectivity index (χ1n) is 4.98. The van der Waals surface area contributed by atoms with E-state index in [4.69, 9.17) is 21.9 Å². The van der Waals surface area contributed by atoms with Gasteiger partial charge in [-0.25, -0.2) is 5.43 Å². The molecule has 0 fully saturated rings. The average molecular weight is 237 g/mol. The summed E-state index contributed by atoms with van der Waals surface area (Å²) >= 11 is 6.25.